The Hall–Kier alpha value is -0.780. The SMILES string of the molecule is C=C/C=C(\C(C)=C/CC)C1(C)CCCC1.CC. The highest BCUT2D eigenvalue weighted by molar-refractivity contribution is 5.37. The van der Waals surface area contributed by atoms with Gasteiger partial charge in [-0.05, 0) is 37.2 Å². The summed E-state index contributed by atoms with van der Waals surface area (Å²) in [5, 5.41) is 0. The molecule has 0 aromatic rings. The zero-order chi connectivity index (χ0) is 13.3. The Bertz CT molecular complexity index is 272. The maximum Gasteiger partial charge on any atom is -0.00727 e. The van der Waals surface area contributed by atoms with E-state index in [1.165, 1.54) is 36.8 Å². The maximum atomic E-state index is 3.84. The van der Waals surface area contributed by atoms with Crippen LogP contribution in [-0.4, -0.2) is 0 Å². The lowest BCUT2D eigenvalue weighted by atomic mass is 9.77. The Labute approximate surface area is 109 Å². The molecule has 0 unspecified atom stereocenters. The zero-order valence-electron chi connectivity index (χ0n) is 12.5. The van der Waals surface area contributed by atoms with Crippen molar-refractivity contribution < 1.29 is 0 Å². The molecule has 1 rings (SSSR count). The van der Waals surface area contributed by atoms with E-state index in [1.807, 2.05) is 19.9 Å². The summed E-state index contributed by atoms with van der Waals surface area (Å²) in [7, 11) is 0. The second-order valence-electron chi connectivity index (χ2n) is 4.88. The van der Waals surface area contributed by atoms with E-state index in [0.29, 0.717) is 5.41 Å². The van der Waals surface area contributed by atoms with Gasteiger partial charge in [0, 0.05) is 0 Å². The van der Waals surface area contributed by atoms with E-state index in [-0.39, 0.29) is 0 Å². The average molecular weight is 234 g/mol. The predicted molar refractivity (Wildman–Crippen MR) is 80.3 cm³/mol. The van der Waals surface area contributed by atoms with Crippen molar-refractivity contribution in [3.05, 3.63) is 36.0 Å². The molecule has 0 radical (unpaired) electrons. The molecule has 0 amide bonds. The van der Waals surface area contributed by atoms with Crippen molar-refractivity contribution >= 4 is 0 Å². The number of rotatable bonds is 4. The topological polar surface area (TPSA) is 0 Å². The van der Waals surface area contributed by atoms with E-state index < -0.39 is 0 Å². The van der Waals surface area contributed by atoms with Crippen LogP contribution in [0.2, 0.25) is 0 Å². The third-order valence-corrected chi connectivity index (χ3v) is 3.58. The van der Waals surface area contributed by atoms with Crippen molar-refractivity contribution in [3.8, 4) is 0 Å². The van der Waals surface area contributed by atoms with Crippen LogP contribution in [0.3, 0.4) is 0 Å². The predicted octanol–water partition coefficient (Wildman–Crippen LogP) is 6.06. The summed E-state index contributed by atoms with van der Waals surface area (Å²) < 4.78 is 0. The molecule has 0 aromatic heterocycles. The average Bonchev–Trinajstić information content (AvgIpc) is 2.77. The summed E-state index contributed by atoms with van der Waals surface area (Å²) in [6.45, 7) is 14.7. The minimum atomic E-state index is 0.407. The molecule has 0 bridgehead atoms. The van der Waals surface area contributed by atoms with Gasteiger partial charge in [-0.15, -0.1) is 0 Å². The van der Waals surface area contributed by atoms with Gasteiger partial charge >= 0.3 is 0 Å². The van der Waals surface area contributed by atoms with Crippen LogP contribution in [0.5, 0.6) is 0 Å². The van der Waals surface area contributed by atoms with E-state index in [9.17, 15) is 0 Å². The minimum absolute atomic E-state index is 0.407. The summed E-state index contributed by atoms with van der Waals surface area (Å²) in [4.78, 5) is 0. The first kappa shape index (κ1) is 16.2. The van der Waals surface area contributed by atoms with Gasteiger partial charge in [0.1, 0.15) is 0 Å². The number of hydrogen-bond donors (Lipinski definition) is 0. The fraction of sp³-hybridized carbons (Fsp3) is 0.647. The van der Waals surface area contributed by atoms with Crippen molar-refractivity contribution in [2.75, 3.05) is 0 Å². The third-order valence-electron chi connectivity index (χ3n) is 3.58. The van der Waals surface area contributed by atoms with E-state index >= 15 is 0 Å². The second kappa shape index (κ2) is 8.33. The summed E-state index contributed by atoms with van der Waals surface area (Å²) in [5.74, 6) is 0. The molecule has 0 heteroatoms. The van der Waals surface area contributed by atoms with Gasteiger partial charge in [0.25, 0.3) is 0 Å². The van der Waals surface area contributed by atoms with Gasteiger partial charge < -0.3 is 0 Å². The molecule has 0 atom stereocenters. The molecule has 1 aliphatic carbocycles. The molecule has 0 N–H and O–H groups in total. The minimum Gasteiger partial charge on any atom is -0.0991 e. The van der Waals surface area contributed by atoms with Crippen LogP contribution in [0.15, 0.2) is 36.0 Å². The molecule has 0 spiro atoms. The molecule has 17 heavy (non-hydrogen) atoms. The highest BCUT2D eigenvalue weighted by Crippen LogP contribution is 2.46. The fourth-order valence-electron chi connectivity index (χ4n) is 2.77. The van der Waals surface area contributed by atoms with E-state index in [2.05, 4.69) is 39.5 Å². The van der Waals surface area contributed by atoms with Crippen LogP contribution in [-0.2, 0) is 0 Å². The Morgan fingerprint density at radius 2 is 1.76 bits per heavy atom. The molecule has 98 valence electrons. The van der Waals surface area contributed by atoms with Crippen molar-refractivity contribution in [2.24, 2.45) is 5.41 Å². The van der Waals surface area contributed by atoms with Crippen LogP contribution in [0.4, 0.5) is 0 Å². The van der Waals surface area contributed by atoms with Crippen LogP contribution in [0, 0.1) is 5.41 Å². The number of allylic oxidation sites excluding steroid dienone is 5. The van der Waals surface area contributed by atoms with Gasteiger partial charge in [-0.2, -0.15) is 0 Å². The quantitative estimate of drug-likeness (QED) is 0.518. The molecule has 1 saturated carbocycles. The van der Waals surface area contributed by atoms with Gasteiger partial charge in [-0.3, -0.25) is 0 Å². The molecule has 0 heterocycles. The lowest BCUT2D eigenvalue weighted by Crippen LogP contribution is -2.15. The molecule has 0 aromatic carbocycles. The Morgan fingerprint density at radius 3 is 2.18 bits per heavy atom. The lowest BCUT2D eigenvalue weighted by molar-refractivity contribution is 0.419. The van der Waals surface area contributed by atoms with Gasteiger partial charge in [-0.1, -0.05) is 70.9 Å². The molecule has 0 aliphatic heterocycles. The van der Waals surface area contributed by atoms with Crippen molar-refractivity contribution in [3.63, 3.8) is 0 Å². The van der Waals surface area contributed by atoms with Crippen LogP contribution in [0.1, 0.15) is 66.7 Å². The summed E-state index contributed by atoms with van der Waals surface area (Å²) in [6, 6.07) is 0. The van der Waals surface area contributed by atoms with Crippen molar-refractivity contribution in [1.82, 2.24) is 0 Å². The first-order valence-electron chi connectivity index (χ1n) is 7.14. The first-order chi connectivity index (χ1) is 8.14. The Kier molecular flexibility index (Phi) is 7.95. The monoisotopic (exact) mass is 234 g/mol. The zero-order valence-corrected chi connectivity index (χ0v) is 12.5. The highest BCUT2D eigenvalue weighted by atomic mass is 14.4. The second-order valence-corrected chi connectivity index (χ2v) is 4.88. The Morgan fingerprint density at radius 1 is 1.24 bits per heavy atom. The fourth-order valence-corrected chi connectivity index (χ4v) is 2.77. The first-order valence-corrected chi connectivity index (χ1v) is 7.14. The van der Waals surface area contributed by atoms with Crippen molar-refractivity contribution in [1.29, 1.82) is 0 Å². The Balaban J connectivity index is 0.00000121. The molecule has 1 fully saturated rings. The largest absolute Gasteiger partial charge is 0.0991 e. The number of hydrogen-bond acceptors (Lipinski definition) is 0. The molecule has 1 aliphatic rings. The van der Waals surface area contributed by atoms with E-state index in [1.54, 1.807) is 0 Å². The van der Waals surface area contributed by atoms with E-state index in [0.717, 1.165) is 6.42 Å². The van der Waals surface area contributed by atoms with Gasteiger partial charge in [0.05, 0.1) is 0 Å². The van der Waals surface area contributed by atoms with Gasteiger partial charge in [0.2, 0.25) is 0 Å². The van der Waals surface area contributed by atoms with Gasteiger partial charge in [-0.25, -0.2) is 0 Å². The maximum absolute atomic E-state index is 3.84. The standard InChI is InChI=1S/C15H24.C2H6/c1-5-9-13(3)14(10-6-2)15(4)11-7-8-12-15;1-2/h6,9-10H,2,5,7-8,11-12H2,1,3-4H3;1-2H3/b13-9-,14-10+;. The van der Waals surface area contributed by atoms with Crippen LogP contribution in [0.25, 0.3) is 0 Å². The van der Waals surface area contributed by atoms with Crippen LogP contribution < -0.4 is 0 Å². The van der Waals surface area contributed by atoms with Gasteiger partial charge in [0.15, 0.2) is 0 Å². The normalized spacial score (nSPS) is 19.6. The summed E-state index contributed by atoms with van der Waals surface area (Å²) >= 11 is 0. The molecule has 0 nitrogen and oxygen atoms in total. The smallest absolute Gasteiger partial charge is 0.00727 e. The summed E-state index contributed by atoms with van der Waals surface area (Å²) in [6.07, 6.45) is 13.0. The molecule has 0 saturated heterocycles. The molecular formula is C17H30. The van der Waals surface area contributed by atoms with Crippen molar-refractivity contribution in [2.45, 2.75) is 66.7 Å². The highest BCUT2D eigenvalue weighted by Gasteiger charge is 2.32. The lowest BCUT2D eigenvalue weighted by Gasteiger charge is -2.28. The van der Waals surface area contributed by atoms with E-state index in [4.69, 9.17) is 0 Å². The molecular weight excluding hydrogens is 204 g/mol. The van der Waals surface area contributed by atoms with Crippen LogP contribution >= 0.6 is 0 Å². The third kappa shape index (κ3) is 4.53. The summed E-state index contributed by atoms with van der Waals surface area (Å²) in [5.41, 5.74) is 3.36.